The first-order valence-corrected chi connectivity index (χ1v) is 7.03. The Labute approximate surface area is 132 Å². The molecule has 0 aliphatic heterocycles. The minimum absolute atomic E-state index is 0.0294. The number of aliphatic hydroxyl groups excluding tert-OH is 1. The van der Waals surface area contributed by atoms with Crippen molar-refractivity contribution in [1.82, 2.24) is 10.1 Å². The van der Waals surface area contributed by atoms with Crippen LogP contribution in [0, 0.1) is 0 Å². The molecular weight excluding hydrogens is 304 g/mol. The molecular formula is C16H13ClN2O3. The highest BCUT2D eigenvalue weighted by Crippen LogP contribution is 2.21. The van der Waals surface area contributed by atoms with E-state index in [0.29, 0.717) is 22.5 Å². The van der Waals surface area contributed by atoms with E-state index in [1.807, 2.05) is 24.3 Å². The van der Waals surface area contributed by atoms with Crippen LogP contribution in [0.15, 0.2) is 53.1 Å². The quantitative estimate of drug-likeness (QED) is 0.780. The Bertz CT molecular complexity index is 773. The predicted octanol–water partition coefficient (Wildman–Crippen LogP) is 3.46. The number of benzene rings is 2. The van der Waals surface area contributed by atoms with Crippen LogP contribution in [0.1, 0.15) is 11.4 Å². The third-order valence-electron chi connectivity index (χ3n) is 2.99. The van der Waals surface area contributed by atoms with E-state index in [-0.39, 0.29) is 13.2 Å². The summed E-state index contributed by atoms with van der Waals surface area (Å²) < 4.78 is 10.8. The first-order chi connectivity index (χ1) is 10.7. The second-order valence-corrected chi connectivity index (χ2v) is 5.06. The van der Waals surface area contributed by atoms with Crippen LogP contribution in [0.25, 0.3) is 11.5 Å². The van der Waals surface area contributed by atoms with Gasteiger partial charge in [0.25, 0.3) is 5.89 Å². The van der Waals surface area contributed by atoms with Crippen LogP contribution in [-0.4, -0.2) is 15.2 Å². The number of hydrogen-bond donors (Lipinski definition) is 1. The Morgan fingerprint density at radius 3 is 2.82 bits per heavy atom. The van der Waals surface area contributed by atoms with E-state index in [2.05, 4.69) is 10.1 Å². The van der Waals surface area contributed by atoms with Gasteiger partial charge in [-0.05, 0) is 35.9 Å². The van der Waals surface area contributed by atoms with Crippen molar-refractivity contribution in [3.8, 4) is 17.2 Å². The fourth-order valence-electron chi connectivity index (χ4n) is 1.93. The van der Waals surface area contributed by atoms with Gasteiger partial charge in [-0.1, -0.05) is 35.0 Å². The molecule has 5 nitrogen and oxygen atoms in total. The summed E-state index contributed by atoms with van der Waals surface area (Å²) in [6, 6.07) is 14.4. The summed E-state index contributed by atoms with van der Waals surface area (Å²) >= 11 is 5.94. The minimum atomic E-state index is -0.0294. The first kappa shape index (κ1) is 14.6. The highest BCUT2D eigenvalue weighted by atomic mass is 35.5. The molecule has 0 bridgehead atoms. The van der Waals surface area contributed by atoms with E-state index < -0.39 is 0 Å². The molecule has 22 heavy (non-hydrogen) atoms. The maximum Gasteiger partial charge on any atom is 0.258 e. The molecule has 112 valence electrons. The molecule has 0 saturated heterocycles. The Balaban J connectivity index is 1.69. The fraction of sp³-hybridized carbons (Fsp3) is 0.125. The first-order valence-electron chi connectivity index (χ1n) is 6.66. The summed E-state index contributed by atoms with van der Waals surface area (Å²) in [5.41, 5.74) is 1.54. The second kappa shape index (κ2) is 6.60. The lowest BCUT2D eigenvalue weighted by Gasteiger charge is -2.04. The number of hydrogen-bond acceptors (Lipinski definition) is 5. The van der Waals surface area contributed by atoms with Gasteiger partial charge >= 0.3 is 0 Å². The predicted molar refractivity (Wildman–Crippen MR) is 81.4 cm³/mol. The molecule has 0 aliphatic rings. The molecule has 1 N–H and O–H groups in total. The summed E-state index contributed by atoms with van der Waals surface area (Å²) in [5, 5.41) is 13.6. The number of ether oxygens (including phenoxy) is 1. The molecule has 0 atom stereocenters. The molecule has 2 aromatic carbocycles. The Kier molecular flexibility index (Phi) is 4.37. The van der Waals surface area contributed by atoms with Crippen molar-refractivity contribution >= 4 is 11.6 Å². The summed E-state index contributed by atoms with van der Waals surface area (Å²) in [7, 11) is 0. The van der Waals surface area contributed by atoms with Crippen molar-refractivity contribution in [2.45, 2.75) is 13.2 Å². The third-order valence-corrected chi connectivity index (χ3v) is 3.22. The average Bonchev–Trinajstić information content (AvgIpc) is 3.02. The zero-order chi connectivity index (χ0) is 15.4. The van der Waals surface area contributed by atoms with Crippen LogP contribution >= 0.6 is 11.6 Å². The number of rotatable bonds is 5. The zero-order valence-corrected chi connectivity index (χ0v) is 12.3. The molecule has 3 aromatic rings. The Morgan fingerprint density at radius 1 is 1.14 bits per heavy atom. The number of halogens is 1. The maximum absolute atomic E-state index is 9.09. The molecule has 0 unspecified atom stereocenters. The van der Waals surface area contributed by atoms with E-state index >= 15 is 0 Å². The monoisotopic (exact) mass is 316 g/mol. The van der Waals surface area contributed by atoms with Crippen molar-refractivity contribution in [1.29, 1.82) is 0 Å². The van der Waals surface area contributed by atoms with Crippen molar-refractivity contribution in [2.75, 3.05) is 0 Å². The summed E-state index contributed by atoms with van der Waals surface area (Å²) in [5.74, 6) is 1.47. The van der Waals surface area contributed by atoms with Gasteiger partial charge in [0, 0.05) is 10.6 Å². The minimum Gasteiger partial charge on any atom is -0.485 e. The van der Waals surface area contributed by atoms with E-state index in [0.717, 1.165) is 11.1 Å². The average molecular weight is 317 g/mol. The van der Waals surface area contributed by atoms with Gasteiger partial charge in [0.15, 0.2) is 6.61 Å². The molecule has 0 radical (unpaired) electrons. The largest absolute Gasteiger partial charge is 0.485 e. The van der Waals surface area contributed by atoms with Crippen LogP contribution < -0.4 is 4.74 Å². The van der Waals surface area contributed by atoms with Gasteiger partial charge in [-0.15, -0.1) is 0 Å². The topological polar surface area (TPSA) is 68.4 Å². The normalized spacial score (nSPS) is 10.6. The lowest BCUT2D eigenvalue weighted by molar-refractivity contribution is 0.274. The molecule has 0 fully saturated rings. The van der Waals surface area contributed by atoms with E-state index in [4.69, 9.17) is 26.0 Å². The second-order valence-electron chi connectivity index (χ2n) is 4.62. The summed E-state index contributed by atoms with van der Waals surface area (Å²) in [6.45, 7) is 0.150. The smallest absolute Gasteiger partial charge is 0.258 e. The van der Waals surface area contributed by atoms with E-state index in [1.165, 1.54) is 0 Å². The van der Waals surface area contributed by atoms with Gasteiger partial charge in [0.05, 0.1) is 6.61 Å². The van der Waals surface area contributed by atoms with E-state index in [1.54, 1.807) is 24.3 Å². The summed E-state index contributed by atoms with van der Waals surface area (Å²) in [6.07, 6.45) is 0. The van der Waals surface area contributed by atoms with Crippen LogP contribution in [0.3, 0.4) is 0 Å². The molecule has 1 heterocycles. The lowest BCUT2D eigenvalue weighted by atomic mass is 10.2. The van der Waals surface area contributed by atoms with Gasteiger partial charge in [-0.3, -0.25) is 0 Å². The van der Waals surface area contributed by atoms with Crippen molar-refractivity contribution in [3.63, 3.8) is 0 Å². The number of aliphatic hydroxyl groups is 1. The van der Waals surface area contributed by atoms with E-state index in [9.17, 15) is 0 Å². The van der Waals surface area contributed by atoms with Crippen LogP contribution in [0.2, 0.25) is 5.02 Å². The Hall–Kier alpha value is -2.37. The molecule has 0 saturated carbocycles. The van der Waals surface area contributed by atoms with Crippen LogP contribution in [0.4, 0.5) is 0 Å². The van der Waals surface area contributed by atoms with Gasteiger partial charge in [-0.2, -0.15) is 4.98 Å². The SMILES string of the molecule is OCc1cccc(OCc2noc(-c3cccc(Cl)c3)n2)c1. The maximum atomic E-state index is 9.09. The van der Waals surface area contributed by atoms with Crippen molar-refractivity contribution < 1.29 is 14.4 Å². The molecule has 1 aromatic heterocycles. The lowest BCUT2D eigenvalue weighted by Crippen LogP contribution is -1.98. The standard InChI is InChI=1S/C16H13ClN2O3/c17-13-5-2-4-12(8-13)16-18-15(19-22-16)10-21-14-6-1-3-11(7-14)9-20/h1-8,20H,9-10H2. The van der Waals surface area contributed by atoms with Crippen LogP contribution in [0.5, 0.6) is 5.75 Å². The van der Waals surface area contributed by atoms with Gasteiger partial charge in [-0.25, -0.2) is 0 Å². The van der Waals surface area contributed by atoms with Crippen molar-refractivity contribution in [2.24, 2.45) is 0 Å². The third kappa shape index (κ3) is 3.44. The highest BCUT2D eigenvalue weighted by Gasteiger charge is 2.09. The van der Waals surface area contributed by atoms with Crippen LogP contribution in [-0.2, 0) is 13.2 Å². The summed E-state index contributed by atoms with van der Waals surface area (Å²) in [4.78, 5) is 4.27. The van der Waals surface area contributed by atoms with Crippen molar-refractivity contribution in [3.05, 3.63) is 64.9 Å². The zero-order valence-electron chi connectivity index (χ0n) is 11.6. The fourth-order valence-corrected chi connectivity index (χ4v) is 2.12. The number of aromatic nitrogens is 2. The molecule has 0 aliphatic carbocycles. The van der Waals surface area contributed by atoms with Gasteiger partial charge < -0.3 is 14.4 Å². The highest BCUT2D eigenvalue weighted by molar-refractivity contribution is 6.30. The van der Waals surface area contributed by atoms with Gasteiger partial charge in [0.1, 0.15) is 5.75 Å². The van der Waals surface area contributed by atoms with Gasteiger partial charge in [0.2, 0.25) is 5.82 Å². The molecule has 0 spiro atoms. The Morgan fingerprint density at radius 2 is 2.00 bits per heavy atom. The molecule has 0 amide bonds. The molecule has 6 heteroatoms. The number of nitrogens with zero attached hydrogens (tertiary/aromatic N) is 2. The molecule has 3 rings (SSSR count).